The van der Waals surface area contributed by atoms with E-state index < -0.39 is 47.2 Å². The molecule has 0 aromatic heterocycles. The third-order valence-corrected chi connectivity index (χ3v) is 8.51. The van der Waals surface area contributed by atoms with E-state index in [0.717, 1.165) is 19.3 Å². The number of Topliss-reactive ketones (excluding diaryl/α,β-unsaturated/α-hetero) is 1. The van der Waals surface area contributed by atoms with Gasteiger partial charge < -0.3 is 26.0 Å². The van der Waals surface area contributed by atoms with Crippen LogP contribution in [0.4, 0.5) is 4.79 Å². The molecule has 1 saturated heterocycles. The van der Waals surface area contributed by atoms with Gasteiger partial charge in [0.25, 0.3) is 5.91 Å². The number of hydrogen-bond donors (Lipinski definition) is 3. The summed E-state index contributed by atoms with van der Waals surface area (Å²) in [5.41, 5.74) is 4.41. The Bertz CT molecular complexity index is 942. The lowest BCUT2D eigenvalue weighted by atomic mass is 9.85. The molecule has 2 aliphatic carbocycles. The van der Waals surface area contributed by atoms with Gasteiger partial charge in [0, 0.05) is 6.54 Å². The van der Waals surface area contributed by atoms with Crippen LogP contribution < -0.4 is 16.4 Å². The van der Waals surface area contributed by atoms with Gasteiger partial charge >= 0.3 is 6.09 Å². The van der Waals surface area contributed by atoms with E-state index in [-0.39, 0.29) is 35.7 Å². The van der Waals surface area contributed by atoms with Gasteiger partial charge in [-0.3, -0.25) is 19.2 Å². The number of rotatable bonds is 9. The van der Waals surface area contributed by atoms with Gasteiger partial charge in [0.2, 0.25) is 17.6 Å². The van der Waals surface area contributed by atoms with Crippen molar-refractivity contribution in [2.45, 2.75) is 105 Å². The number of carbonyl (C=O) groups is 5. The summed E-state index contributed by atoms with van der Waals surface area (Å²) in [5.74, 6) is -2.26. The molecule has 3 fully saturated rings. The first-order valence-corrected chi connectivity index (χ1v) is 13.5. The van der Waals surface area contributed by atoms with Gasteiger partial charge in [-0.1, -0.05) is 54.9 Å². The molecule has 4 N–H and O–H groups in total. The molecule has 3 rings (SSSR count). The van der Waals surface area contributed by atoms with Crippen molar-refractivity contribution >= 4 is 29.6 Å². The summed E-state index contributed by atoms with van der Waals surface area (Å²) in [6, 6.07) is -2.76. The lowest BCUT2D eigenvalue weighted by Gasteiger charge is -2.37. The van der Waals surface area contributed by atoms with Crippen LogP contribution >= 0.6 is 0 Å². The molecule has 37 heavy (non-hydrogen) atoms. The number of nitrogens with zero attached hydrogens (tertiary/aromatic N) is 1. The number of likely N-dealkylation sites (tertiary alicyclic amines) is 1. The zero-order valence-electron chi connectivity index (χ0n) is 23.3. The van der Waals surface area contributed by atoms with Crippen LogP contribution in [0, 0.1) is 28.6 Å². The van der Waals surface area contributed by atoms with E-state index in [1.54, 1.807) is 0 Å². The maximum Gasteiger partial charge on any atom is 0.408 e. The number of amides is 4. The number of alkyl carbamates (subject to hydrolysis) is 1. The molecule has 1 aliphatic heterocycles. The zero-order valence-corrected chi connectivity index (χ0v) is 23.3. The third-order valence-electron chi connectivity index (χ3n) is 8.51. The summed E-state index contributed by atoms with van der Waals surface area (Å²) in [4.78, 5) is 65.5. The molecule has 2 saturated carbocycles. The molecule has 4 amide bonds. The Morgan fingerprint density at radius 3 is 2.27 bits per heavy atom. The van der Waals surface area contributed by atoms with Crippen LogP contribution in [0.3, 0.4) is 0 Å². The minimum atomic E-state index is -1.10. The third kappa shape index (κ3) is 6.09. The van der Waals surface area contributed by atoms with E-state index in [1.165, 1.54) is 4.90 Å². The predicted octanol–water partition coefficient (Wildman–Crippen LogP) is 2.14. The zero-order chi connectivity index (χ0) is 27.9. The van der Waals surface area contributed by atoms with Crippen LogP contribution in [0.5, 0.6) is 0 Å². The molecule has 0 radical (unpaired) electrons. The van der Waals surface area contributed by atoms with Gasteiger partial charge in [0.05, 0.1) is 6.04 Å². The van der Waals surface area contributed by atoms with Crippen molar-refractivity contribution < 1.29 is 28.7 Å². The van der Waals surface area contributed by atoms with Crippen molar-refractivity contribution in [2.24, 2.45) is 34.3 Å². The summed E-state index contributed by atoms with van der Waals surface area (Å²) in [5, 5.41) is 5.48. The van der Waals surface area contributed by atoms with Gasteiger partial charge in [-0.15, -0.1) is 0 Å². The van der Waals surface area contributed by atoms with E-state index in [0.29, 0.717) is 18.9 Å². The van der Waals surface area contributed by atoms with Crippen molar-refractivity contribution in [3.63, 3.8) is 0 Å². The standard InChI is InChI=1S/C27H44N4O6/c1-8-9-17(20(32)22(28)33)29-23(34)19-18-16(27(18,6)7)13-31(19)24(35)21(26(3,4)5)30-25(36)37-15-11-10-14(2)12-15/h14-19,21H,8-13H2,1-7H3,(H2,28,33)(H,29,34)(H,30,36)/t14?,15?,16-,17?,18-,19-,21+/m0/s1. The van der Waals surface area contributed by atoms with Crippen LogP contribution in [0.15, 0.2) is 0 Å². The number of hydrogen-bond acceptors (Lipinski definition) is 6. The van der Waals surface area contributed by atoms with Crippen LogP contribution in [0.25, 0.3) is 0 Å². The highest BCUT2D eigenvalue weighted by atomic mass is 16.6. The molecule has 0 bridgehead atoms. The molecule has 10 nitrogen and oxygen atoms in total. The lowest BCUT2D eigenvalue weighted by Crippen LogP contribution is -2.60. The number of ether oxygens (including phenoxy) is 1. The fourth-order valence-electron chi connectivity index (χ4n) is 6.18. The van der Waals surface area contributed by atoms with Crippen molar-refractivity contribution in [1.29, 1.82) is 0 Å². The Labute approximate surface area is 219 Å². The number of primary amides is 1. The molecule has 208 valence electrons. The van der Waals surface area contributed by atoms with E-state index in [4.69, 9.17) is 10.5 Å². The summed E-state index contributed by atoms with van der Waals surface area (Å²) in [6.45, 7) is 14.0. The number of nitrogens with one attached hydrogen (secondary N) is 2. The minimum absolute atomic E-state index is 0.0880. The number of ketones is 1. The Morgan fingerprint density at radius 1 is 1.11 bits per heavy atom. The van der Waals surface area contributed by atoms with Crippen molar-refractivity contribution in [3.05, 3.63) is 0 Å². The Balaban J connectivity index is 1.79. The fourth-order valence-corrected chi connectivity index (χ4v) is 6.18. The molecule has 10 heteroatoms. The molecular formula is C27H44N4O6. The summed E-state index contributed by atoms with van der Waals surface area (Å²) < 4.78 is 5.60. The quantitative estimate of drug-likeness (QED) is 0.397. The Hall–Kier alpha value is -2.65. The highest BCUT2D eigenvalue weighted by Crippen LogP contribution is 2.65. The molecule has 7 atom stereocenters. The van der Waals surface area contributed by atoms with Gasteiger partial charge in [-0.25, -0.2) is 4.79 Å². The largest absolute Gasteiger partial charge is 0.446 e. The average Bonchev–Trinajstić information content (AvgIpc) is 3.15. The van der Waals surface area contributed by atoms with E-state index in [2.05, 4.69) is 31.4 Å². The maximum absolute atomic E-state index is 13.9. The van der Waals surface area contributed by atoms with Crippen LogP contribution in [0.2, 0.25) is 0 Å². The average molecular weight is 521 g/mol. The highest BCUT2D eigenvalue weighted by molar-refractivity contribution is 6.37. The maximum atomic E-state index is 13.9. The van der Waals surface area contributed by atoms with Gasteiger partial charge in [0.1, 0.15) is 18.2 Å². The number of carbonyl (C=O) groups excluding carboxylic acids is 5. The molecule has 3 unspecified atom stereocenters. The fraction of sp³-hybridized carbons (Fsp3) is 0.815. The number of fused-ring (bicyclic) bond motifs is 1. The van der Waals surface area contributed by atoms with Crippen molar-refractivity contribution in [3.8, 4) is 0 Å². The summed E-state index contributed by atoms with van der Waals surface area (Å²) in [6.07, 6.45) is 2.64. The van der Waals surface area contributed by atoms with E-state index in [9.17, 15) is 24.0 Å². The smallest absolute Gasteiger partial charge is 0.408 e. The van der Waals surface area contributed by atoms with Crippen LogP contribution in [-0.2, 0) is 23.9 Å². The molecule has 0 spiro atoms. The van der Waals surface area contributed by atoms with E-state index in [1.807, 2.05) is 27.7 Å². The highest BCUT2D eigenvalue weighted by Gasteiger charge is 2.69. The monoisotopic (exact) mass is 520 g/mol. The normalized spacial score (nSPS) is 29.6. The molecule has 1 heterocycles. The van der Waals surface area contributed by atoms with Gasteiger partial charge in [0.15, 0.2) is 0 Å². The molecular weight excluding hydrogens is 476 g/mol. The molecule has 0 aromatic rings. The number of piperidine rings is 1. The minimum Gasteiger partial charge on any atom is -0.446 e. The van der Waals surface area contributed by atoms with Crippen molar-refractivity contribution in [2.75, 3.05) is 6.54 Å². The topological polar surface area (TPSA) is 148 Å². The van der Waals surface area contributed by atoms with E-state index >= 15 is 0 Å². The molecule has 3 aliphatic rings. The summed E-state index contributed by atoms with van der Waals surface area (Å²) >= 11 is 0. The first-order chi connectivity index (χ1) is 17.1. The second-order valence-electron chi connectivity index (χ2n) is 12.9. The van der Waals surface area contributed by atoms with Gasteiger partial charge in [-0.05, 0) is 54.3 Å². The van der Waals surface area contributed by atoms with Crippen LogP contribution in [-0.4, -0.2) is 65.3 Å². The van der Waals surface area contributed by atoms with Crippen molar-refractivity contribution in [1.82, 2.24) is 15.5 Å². The number of nitrogens with two attached hydrogens (primary N) is 1. The SMILES string of the molecule is CCCC(NC(=O)[C@@H]1[C@@H]2[C@H](CN1C(=O)[C@@H](NC(=O)OC1CCC(C)C1)C(C)(C)C)C2(C)C)C(=O)C(N)=O. The second-order valence-corrected chi connectivity index (χ2v) is 12.9. The predicted molar refractivity (Wildman–Crippen MR) is 137 cm³/mol. The second kappa shape index (κ2) is 10.6. The first kappa shape index (κ1) is 28.9. The van der Waals surface area contributed by atoms with Gasteiger partial charge in [-0.2, -0.15) is 0 Å². The molecule has 0 aromatic carbocycles. The summed E-state index contributed by atoms with van der Waals surface area (Å²) in [7, 11) is 0. The Kier molecular flexibility index (Phi) is 8.29. The Morgan fingerprint density at radius 2 is 1.76 bits per heavy atom. The first-order valence-electron chi connectivity index (χ1n) is 13.5. The van der Waals surface area contributed by atoms with Crippen LogP contribution in [0.1, 0.15) is 80.6 Å². The lowest BCUT2D eigenvalue weighted by molar-refractivity contribution is -0.145.